The first-order valence-electron chi connectivity index (χ1n) is 9.57. The largest absolute Gasteiger partial charge is 0.497 e. The molecule has 1 N–H and O–H groups in total. The van der Waals surface area contributed by atoms with E-state index in [1.165, 1.54) is 19.3 Å². The van der Waals surface area contributed by atoms with Gasteiger partial charge in [-0.15, -0.1) is 0 Å². The molecule has 0 radical (unpaired) electrons. The molecule has 0 atom stereocenters. The molecule has 1 saturated heterocycles. The first kappa shape index (κ1) is 20.4. The molecule has 0 saturated carbocycles. The topological polar surface area (TPSA) is 55.3 Å². The van der Waals surface area contributed by atoms with Crippen molar-refractivity contribution in [1.29, 1.82) is 0 Å². The number of nitrogens with zero attached hydrogens (tertiary/aromatic N) is 2. The Labute approximate surface area is 157 Å². The maximum Gasteiger partial charge on any atom is 0.193 e. The minimum absolute atomic E-state index is 0.551. The summed E-state index contributed by atoms with van der Waals surface area (Å²) in [5, 5.41) is 3.36. The summed E-state index contributed by atoms with van der Waals surface area (Å²) in [5.41, 5.74) is 0. The van der Waals surface area contributed by atoms with E-state index in [-0.39, 0.29) is 0 Å². The third kappa shape index (κ3) is 7.12. The summed E-state index contributed by atoms with van der Waals surface area (Å²) in [6, 6.07) is 7.61. The lowest BCUT2D eigenvalue weighted by Gasteiger charge is -2.26. The minimum atomic E-state index is 0.551. The van der Waals surface area contributed by atoms with Crippen molar-refractivity contribution in [2.24, 2.45) is 10.9 Å². The third-order valence-corrected chi connectivity index (χ3v) is 4.59. The molecule has 0 unspecified atom stereocenters. The second-order valence-electron chi connectivity index (χ2n) is 6.53. The first-order valence-corrected chi connectivity index (χ1v) is 9.57. The van der Waals surface area contributed by atoms with Crippen LogP contribution >= 0.6 is 0 Å². The summed E-state index contributed by atoms with van der Waals surface area (Å²) in [6.45, 7) is 6.95. The normalized spacial score (nSPS) is 15.6. The second kappa shape index (κ2) is 11.6. The van der Waals surface area contributed by atoms with Crippen LogP contribution < -0.4 is 14.8 Å². The van der Waals surface area contributed by atoms with Crippen LogP contribution in [0.5, 0.6) is 11.5 Å². The second-order valence-corrected chi connectivity index (χ2v) is 6.53. The standard InChI is InChI=1S/C20H33N3O3/c1-4-21-20(23(2)13-9-17-10-14-25-15-11-17)22-12-16-26-19-7-5-18(24-3)6-8-19/h5-8,17H,4,9-16H2,1-3H3,(H,21,22). The lowest BCUT2D eigenvalue weighted by molar-refractivity contribution is 0.0625. The Bertz CT molecular complexity index is 528. The minimum Gasteiger partial charge on any atom is -0.497 e. The molecule has 0 bridgehead atoms. The summed E-state index contributed by atoms with van der Waals surface area (Å²) < 4.78 is 16.3. The molecule has 1 aliphatic rings. The summed E-state index contributed by atoms with van der Waals surface area (Å²) in [7, 11) is 3.76. The number of benzene rings is 1. The lowest BCUT2D eigenvalue weighted by atomic mass is 9.96. The van der Waals surface area contributed by atoms with Gasteiger partial charge in [0, 0.05) is 33.4 Å². The molecule has 0 aromatic heterocycles. The van der Waals surface area contributed by atoms with Crippen LogP contribution in [0.1, 0.15) is 26.2 Å². The van der Waals surface area contributed by atoms with Crippen molar-refractivity contribution in [2.45, 2.75) is 26.2 Å². The van der Waals surface area contributed by atoms with Gasteiger partial charge in [-0.25, -0.2) is 4.99 Å². The molecule has 1 fully saturated rings. The molecule has 6 nitrogen and oxygen atoms in total. The molecule has 1 aliphatic heterocycles. The van der Waals surface area contributed by atoms with Crippen molar-refractivity contribution >= 4 is 5.96 Å². The van der Waals surface area contributed by atoms with Crippen LogP contribution in [0.3, 0.4) is 0 Å². The summed E-state index contributed by atoms with van der Waals surface area (Å²) >= 11 is 0. The Balaban J connectivity index is 1.74. The number of hydrogen-bond donors (Lipinski definition) is 1. The first-order chi connectivity index (χ1) is 12.7. The number of hydrogen-bond acceptors (Lipinski definition) is 4. The van der Waals surface area contributed by atoms with E-state index in [2.05, 4.69) is 29.2 Å². The van der Waals surface area contributed by atoms with Crippen LogP contribution in [0.25, 0.3) is 0 Å². The van der Waals surface area contributed by atoms with Crippen molar-refractivity contribution in [3.63, 3.8) is 0 Å². The molecule has 0 spiro atoms. The average Bonchev–Trinajstić information content (AvgIpc) is 2.69. The number of aliphatic imine (C=N–C) groups is 1. The average molecular weight is 364 g/mol. The van der Waals surface area contributed by atoms with Gasteiger partial charge in [-0.1, -0.05) is 0 Å². The summed E-state index contributed by atoms with van der Waals surface area (Å²) in [5.74, 6) is 3.38. The van der Waals surface area contributed by atoms with Gasteiger partial charge in [0.25, 0.3) is 0 Å². The van der Waals surface area contributed by atoms with Gasteiger partial charge in [0.05, 0.1) is 13.7 Å². The summed E-state index contributed by atoms with van der Waals surface area (Å²) in [4.78, 5) is 6.90. The predicted octanol–water partition coefficient (Wildman–Crippen LogP) is 2.79. The number of nitrogens with one attached hydrogen (secondary N) is 1. The molecule has 6 heteroatoms. The zero-order chi connectivity index (χ0) is 18.6. The smallest absolute Gasteiger partial charge is 0.193 e. The number of methoxy groups -OCH3 is 1. The van der Waals surface area contributed by atoms with E-state index in [1.54, 1.807) is 7.11 Å². The number of ether oxygens (including phenoxy) is 3. The van der Waals surface area contributed by atoms with E-state index in [0.29, 0.717) is 13.2 Å². The molecule has 1 aromatic carbocycles. The zero-order valence-electron chi connectivity index (χ0n) is 16.4. The Morgan fingerprint density at radius 1 is 1.23 bits per heavy atom. The van der Waals surface area contributed by atoms with E-state index in [9.17, 15) is 0 Å². The van der Waals surface area contributed by atoms with Gasteiger partial charge >= 0.3 is 0 Å². The number of rotatable bonds is 9. The van der Waals surface area contributed by atoms with Gasteiger partial charge in [-0.3, -0.25) is 0 Å². The molecule has 146 valence electrons. The fraction of sp³-hybridized carbons (Fsp3) is 0.650. The highest BCUT2D eigenvalue weighted by molar-refractivity contribution is 5.79. The van der Waals surface area contributed by atoms with E-state index >= 15 is 0 Å². The third-order valence-electron chi connectivity index (χ3n) is 4.59. The van der Waals surface area contributed by atoms with Gasteiger partial charge in [-0.05, 0) is 56.4 Å². The lowest BCUT2D eigenvalue weighted by Crippen LogP contribution is -2.40. The highest BCUT2D eigenvalue weighted by Gasteiger charge is 2.15. The Hall–Kier alpha value is -1.95. The Kier molecular flexibility index (Phi) is 9.10. The SMILES string of the molecule is CCNC(=NCCOc1ccc(OC)cc1)N(C)CCC1CCOCC1. The quantitative estimate of drug-likeness (QED) is 0.415. The van der Waals surface area contributed by atoms with Gasteiger partial charge in [-0.2, -0.15) is 0 Å². The molecule has 0 aliphatic carbocycles. The van der Waals surface area contributed by atoms with E-state index in [4.69, 9.17) is 14.2 Å². The predicted molar refractivity (Wildman–Crippen MR) is 105 cm³/mol. The van der Waals surface area contributed by atoms with Crippen LogP contribution in [0, 0.1) is 5.92 Å². The van der Waals surface area contributed by atoms with Crippen LogP contribution in [-0.2, 0) is 4.74 Å². The molecule has 26 heavy (non-hydrogen) atoms. The van der Waals surface area contributed by atoms with Crippen LogP contribution in [0.15, 0.2) is 29.3 Å². The number of guanidine groups is 1. The fourth-order valence-electron chi connectivity index (χ4n) is 2.97. The van der Waals surface area contributed by atoms with Crippen LogP contribution in [0.4, 0.5) is 0 Å². The van der Waals surface area contributed by atoms with Gasteiger partial charge in [0.15, 0.2) is 5.96 Å². The van der Waals surface area contributed by atoms with Gasteiger partial charge < -0.3 is 24.4 Å². The van der Waals surface area contributed by atoms with E-state index in [0.717, 1.165) is 49.7 Å². The van der Waals surface area contributed by atoms with E-state index < -0.39 is 0 Å². The highest BCUT2D eigenvalue weighted by Crippen LogP contribution is 2.18. The summed E-state index contributed by atoms with van der Waals surface area (Å²) in [6.07, 6.45) is 3.54. The van der Waals surface area contributed by atoms with Crippen LogP contribution in [-0.4, -0.2) is 64.5 Å². The maximum absolute atomic E-state index is 5.75. The fourth-order valence-corrected chi connectivity index (χ4v) is 2.97. The van der Waals surface area contributed by atoms with E-state index in [1.807, 2.05) is 24.3 Å². The maximum atomic E-state index is 5.75. The molecule has 0 amide bonds. The van der Waals surface area contributed by atoms with Crippen molar-refractivity contribution in [1.82, 2.24) is 10.2 Å². The van der Waals surface area contributed by atoms with Crippen molar-refractivity contribution in [2.75, 3.05) is 53.6 Å². The van der Waals surface area contributed by atoms with Crippen molar-refractivity contribution in [3.05, 3.63) is 24.3 Å². The highest BCUT2D eigenvalue weighted by atomic mass is 16.5. The van der Waals surface area contributed by atoms with Crippen molar-refractivity contribution in [3.8, 4) is 11.5 Å². The Morgan fingerprint density at radius 2 is 1.92 bits per heavy atom. The molecular formula is C20H33N3O3. The Morgan fingerprint density at radius 3 is 2.58 bits per heavy atom. The zero-order valence-corrected chi connectivity index (χ0v) is 16.4. The van der Waals surface area contributed by atoms with Gasteiger partial charge in [0.1, 0.15) is 18.1 Å². The molecule has 1 aromatic rings. The molecule has 2 rings (SSSR count). The van der Waals surface area contributed by atoms with Crippen molar-refractivity contribution < 1.29 is 14.2 Å². The molecule has 1 heterocycles. The van der Waals surface area contributed by atoms with Crippen LogP contribution in [0.2, 0.25) is 0 Å². The monoisotopic (exact) mass is 363 g/mol. The molecular weight excluding hydrogens is 330 g/mol. The van der Waals surface area contributed by atoms with Gasteiger partial charge in [0.2, 0.25) is 0 Å².